The van der Waals surface area contributed by atoms with Crippen LogP contribution in [0.15, 0.2) is 10.7 Å². The van der Waals surface area contributed by atoms with Crippen LogP contribution in [-0.2, 0) is 16.8 Å². The van der Waals surface area contributed by atoms with Crippen LogP contribution in [0.25, 0.3) is 0 Å². The summed E-state index contributed by atoms with van der Waals surface area (Å²) in [5.41, 5.74) is 6.13. The van der Waals surface area contributed by atoms with E-state index in [1.807, 2.05) is 27.7 Å². The molecule has 3 N–H and O–H groups in total. The summed E-state index contributed by atoms with van der Waals surface area (Å²) in [4.78, 5) is 25.5. The molecule has 7 nitrogen and oxygen atoms in total. The van der Waals surface area contributed by atoms with Crippen LogP contribution in [0.2, 0.25) is 0 Å². The van der Waals surface area contributed by atoms with Crippen molar-refractivity contribution >= 4 is 28.2 Å². The van der Waals surface area contributed by atoms with Gasteiger partial charge in [-0.05, 0) is 40.2 Å². The number of carbonyl (C=O) groups excluding carboxylic acids is 2. The van der Waals surface area contributed by atoms with Crippen molar-refractivity contribution in [3.63, 3.8) is 0 Å². The number of aromatic nitrogens is 1. The molecule has 3 rings (SSSR count). The minimum atomic E-state index is -0.581. The summed E-state index contributed by atoms with van der Waals surface area (Å²) in [6.07, 6.45) is 1.89. The second kappa shape index (κ2) is 5.67. The zero-order valence-corrected chi connectivity index (χ0v) is 15.7. The molecule has 1 aliphatic heterocycles. The molecule has 0 saturated heterocycles. The van der Waals surface area contributed by atoms with Gasteiger partial charge in [0.05, 0.1) is 23.0 Å². The molecule has 0 radical (unpaired) electrons. The molecule has 25 heavy (non-hydrogen) atoms. The Morgan fingerprint density at radius 3 is 2.56 bits per heavy atom. The highest BCUT2D eigenvalue weighted by Crippen LogP contribution is 2.48. The number of aryl methyl sites for hydroxylation is 1. The fourth-order valence-electron chi connectivity index (χ4n) is 3.35. The van der Waals surface area contributed by atoms with E-state index in [-0.39, 0.29) is 0 Å². The van der Waals surface area contributed by atoms with E-state index in [4.69, 9.17) is 15.0 Å². The van der Waals surface area contributed by atoms with E-state index < -0.39 is 23.0 Å². The molecule has 2 aromatic heterocycles. The first-order valence-corrected chi connectivity index (χ1v) is 8.72. The maximum Gasteiger partial charge on any atom is 0.261 e. The van der Waals surface area contributed by atoms with Crippen molar-refractivity contribution in [1.82, 2.24) is 5.16 Å². The SMILES string of the molecule is Cc1oncc1C(=O)Nc1sc2c(c1C(N)=O)CC(C)(C)OC2(C)C. The summed E-state index contributed by atoms with van der Waals surface area (Å²) in [6, 6.07) is 0. The number of hydrogen-bond acceptors (Lipinski definition) is 6. The standard InChI is InChI=1S/C17H21N3O4S/c1-8-10(7-19-23-8)14(22)20-15-11(13(18)21)9-6-16(2,3)24-17(4,5)12(9)25-15/h7H,6H2,1-5H3,(H2,18,21)(H,20,22). The molecule has 2 amide bonds. The van der Waals surface area contributed by atoms with Crippen molar-refractivity contribution in [1.29, 1.82) is 0 Å². The number of ether oxygens (including phenoxy) is 1. The fraction of sp³-hybridized carbons (Fsp3) is 0.471. The van der Waals surface area contributed by atoms with Crippen LogP contribution in [0.5, 0.6) is 0 Å². The number of rotatable bonds is 3. The molecule has 0 aromatic carbocycles. The Balaban J connectivity index is 2.07. The van der Waals surface area contributed by atoms with Gasteiger partial charge < -0.3 is 20.3 Å². The van der Waals surface area contributed by atoms with Crippen molar-refractivity contribution in [3.05, 3.63) is 33.5 Å². The molecule has 134 valence electrons. The molecule has 0 unspecified atom stereocenters. The topological polar surface area (TPSA) is 107 Å². The number of anilines is 1. The molecule has 1 aliphatic rings. The number of amides is 2. The maximum absolute atomic E-state index is 12.5. The van der Waals surface area contributed by atoms with Crippen molar-refractivity contribution in [2.75, 3.05) is 5.32 Å². The molecular formula is C17H21N3O4S. The van der Waals surface area contributed by atoms with Crippen LogP contribution in [-0.4, -0.2) is 22.6 Å². The van der Waals surface area contributed by atoms with Crippen molar-refractivity contribution in [2.45, 2.75) is 52.2 Å². The first-order valence-electron chi connectivity index (χ1n) is 7.90. The zero-order chi connectivity index (χ0) is 18.6. The lowest BCUT2D eigenvalue weighted by Crippen LogP contribution is -2.42. The van der Waals surface area contributed by atoms with Crippen LogP contribution in [0.1, 0.15) is 64.6 Å². The van der Waals surface area contributed by atoms with E-state index in [0.29, 0.717) is 28.3 Å². The van der Waals surface area contributed by atoms with Crippen LogP contribution in [0.3, 0.4) is 0 Å². The average Bonchev–Trinajstić information content (AvgIpc) is 3.00. The van der Waals surface area contributed by atoms with Gasteiger partial charge in [0, 0.05) is 11.3 Å². The van der Waals surface area contributed by atoms with E-state index in [0.717, 1.165) is 10.4 Å². The third-order valence-electron chi connectivity index (χ3n) is 4.16. The van der Waals surface area contributed by atoms with Crippen LogP contribution < -0.4 is 11.1 Å². The Hall–Kier alpha value is -2.19. The number of fused-ring (bicyclic) bond motifs is 1. The predicted molar refractivity (Wildman–Crippen MR) is 93.9 cm³/mol. The average molecular weight is 363 g/mol. The summed E-state index contributed by atoms with van der Waals surface area (Å²) in [7, 11) is 0. The Morgan fingerprint density at radius 1 is 1.32 bits per heavy atom. The van der Waals surface area contributed by atoms with Gasteiger partial charge >= 0.3 is 0 Å². The number of nitrogens with zero attached hydrogens (tertiary/aromatic N) is 1. The lowest BCUT2D eigenvalue weighted by Gasteiger charge is -2.41. The van der Waals surface area contributed by atoms with Crippen LogP contribution in [0.4, 0.5) is 5.00 Å². The monoisotopic (exact) mass is 363 g/mol. The Bertz CT molecular complexity index is 863. The quantitative estimate of drug-likeness (QED) is 0.871. The molecule has 0 saturated carbocycles. The highest BCUT2D eigenvalue weighted by molar-refractivity contribution is 7.17. The first kappa shape index (κ1) is 17.6. The van der Waals surface area contributed by atoms with Crippen LogP contribution >= 0.6 is 11.3 Å². The zero-order valence-electron chi connectivity index (χ0n) is 14.9. The molecule has 0 spiro atoms. The molecule has 0 aliphatic carbocycles. The van der Waals surface area contributed by atoms with Gasteiger partial charge in [0.15, 0.2) is 0 Å². The van der Waals surface area contributed by atoms with Gasteiger partial charge in [0.25, 0.3) is 11.8 Å². The highest BCUT2D eigenvalue weighted by Gasteiger charge is 2.43. The Labute approximate surface area is 149 Å². The summed E-state index contributed by atoms with van der Waals surface area (Å²) in [6.45, 7) is 9.49. The Kier molecular flexibility index (Phi) is 4.00. The van der Waals surface area contributed by atoms with Crippen molar-refractivity contribution in [3.8, 4) is 0 Å². The summed E-state index contributed by atoms with van der Waals surface area (Å²) < 4.78 is 11.1. The number of hydrogen-bond donors (Lipinski definition) is 2. The predicted octanol–water partition coefficient (Wildman–Crippen LogP) is 2.98. The smallest absolute Gasteiger partial charge is 0.261 e. The first-order chi connectivity index (χ1) is 11.5. The third kappa shape index (κ3) is 3.07. The number of carbonyl (C=O) groups is 2. The summed E-state index contributed by atoms with van der Waals surface area (Å²) >= 11 is 1.32. The lowest BCUT2D eigenvalue weighted by molar-refractivity contribution is -0.135. The van der Waals surface area contributed by atoms with Crippen molar-refractivity contribution < 1.29 is 18.8 Å². The Morgan fingerprint density at radius 2 is 2.00 bits per heavy atom. The number of primary amides is 1. The number of nitrogens with two attached hydrogens (primary N) is 1. The molecule has 0 fully saturated rings. The van der Waals surface area contributed by atoms with Gasteiger partial charge in [-0.15, -0.1) is 11.3 Å². The minimum absolute atomic E-state index is 0.317. The second-order valence-electron chi connectivity index (χ2n) is 7.28. The fourth-order valence-corrected chi connectivity index (χ4v) is 4.61. The summed E-state index contributed by atoms with van der Waals surface area (Å²) in [5.74, 6) is -0.551. The van der Waals surface area contributed by atoms with E-state index in [2.05, 4.69) is 10.5 Å². The normalized spacial score (nSPS) is 17.8. The van der Waals surface area contributed by atoms with E-state index in [1.54, 1.807) is 6.92 Å². The largest absolute Gasteiger partial charge is 0.365 e. The lowest BCUT2D eigenvalue weighted by atomic mass is 9.86. The van der Waals surface area contributed by atoms with E-state index in [9.17, 15) is 9.59 Å². The third-order valence-corrected chi connectivity index (χ3v) is 5.61. The molecule has 2 aromatic rings. The van der Waals surface area contributed by atoms with Gasteiger partial charge in [-0.2, -0.15) is 0 Å². The summed E-state index contributed by atoms with van der Waals surface area (Å²) in [5, 5.41) is 6.81. The van der Waals surface area contributed by atoms with E-state index >= 15 is 0 Å². The molecule has 8 heteroatoms. The molecule has 0 bridgehead atoms. The van der Waals surface area contributed by atoms with Gasteiger partial charge in [0.1, 0.15) is 16.3 Å². The van der Waals surface area contributed by atoms with Crippen LogP contribution in [0, 0.1) is 6.92 Å². The van der Waals surface area contributed by atoms with Crippen molar-refractivity contribution in [2.24, 2.45) is 5.73 Å². The van der Waals surface area contributed by atoms with Gasteiger partial charge in [-0.1, -0.05) is 5.16 Å². The maximum atomic E-state index is 12.5. The van der Waals surface area contributed by atoms with Gasteiger partial charge in [-0.3, -0.25) is 9.59 Å². The molecular weight excluding hydrogens is 342 g/mol. The van der Waals surface area contributed by atoms with Gasteiger partial charge in [0.2, 0.25) is 0 Å². The second-order valence-corrected chi connectivity index (χ2v) is 8.30. The highest BCUT2D eigenvalue weighted by atomic mass is 32.1. The number of nitrogens with one attached hydrogen (secondary N) is 1. The number of thiophene rings is 1. The van der Waals surface area contributed by atoms with E-state index in [1.165, 1.54) is 17.5 Å². The van der Waals surface area contributed by atoms with Gasteiger partial charge in [-0.25, -0.2) is 0 Å². The molecule has 0 atom stereocenters. The minimum Gasteiger partial charge on any atom is -0.365 e. The molecule has 3 heterocycles.